The summed E-state index contributed by atoms with van der Waals surface area (Å²) in [6.07, 6.45) is 1.02. The van der Waals surface area contributed by atoms with Crippen molar-refractivity contribution < 1.29 is 9.53 Å². The van der Waals surface area contributed by atoms with Crippen molar-refractivity contribution >= 4 is 17.3 Å². The zero-order valence-corrected chi connectivity index (χ0v) is 10.9. The van der Waals surface area contributed by atoms with E-state index in [0.29, 0.717) is 18.2 Å². The van der Waals surface area contributed by atoms with Gasteiger partial charge in [-0.05, 0) is 24.5 Å². The van der Waals surface area contributed by atoms with Crippen LogP contribution < -0.4 is 0 Å². The molecule has 0 fully saturated rings. The summed E-state index contributed by atoms with van der Waals surface area (Å²) in [4.78, 5) is 15.9. The smallest absolute Gasteiger partial charge is 0.357 e. The van der Waals surface area contributed by atoms with Gasteiger partial charge in [0.15, 0.2) is 5.69 Å². The lowest BCUT2D eigenvalue weighted by Gasteiger charge is -2.28. The first kappa shape index (κ1) is 11.4. The van der Waals surface area contributed by atoms with Gasteiger partial charge >= 0.3 is 5.97 Å². The summed E-state index contributed by atoms with van der Waals surface area (Å²) in [6, 6.07) is 8.38. The summed E-state index contributed by atoms with van der Waals surface area (Å²) in [6.45, 7) is 2.19. The highest BCUT2D eigenvalue weighted by molar-refractivity contribution is 7.10. The van der Waals surface area contributed by atoms with Gasteiger partial charge in [-0.3, -0.25) is 0 Å². The van der Waals surface area contributed by atoms with Crippen molar-refractivity contribution in [2.75, 3.05) is 6.61 Å². The fraction of sp³-hybridized carbons (Fsp3) is 0.286. The fourth-order valence-corrected chi connectivity index (χ4v) is 3.13. The minimum absolute atomic E-state index is 0.326. The largest absolute Gasteiger partial charge is 0.461 e. The molecule has 0 saturated carbocycles. The van der Waals surface area contributed by atoms with Crippen LogP contribution in [-0.4, -0.2) is 17.6 Å². The molecule has 1 heterocycles. The number of hydrogen-bond donors (Lipinski definition) is 0. The lowest BCUT2D eigenvalue weighted by Crippen LogP contribution is -2.18. The number of benzene rings is 1. The van der Waals surface area contributed by atoms with Gasteiger partial charge in [-0.1, -0.05) is 24.3 Å². The molecule has 3 rings (SSSR count). The van der Waals surface area contributed by atoms with Crippen LogP contribution in [0.2, 0.25) is 0 Å². The summed E-state index contributed by atoms with van der Waals surface area (Å²) in [5, 5.41) is 2.80. The standard InChI is InChI=1S/C14H13NO2S/c1-2-17-14(16)12-8-18-13(15-12)11-7-9-5-3-4-6-10(9)11/h3-6,8,11H,2,7H2,1H3. The van der Waals surface area contributed by atoms with Gasteiger partial charge in [0.25, 0.3) is 0 Å². The van der Waals surface area contributed by atoms with E-state index in [2.05, 4.69) is 23.2 Å². The van der Waals surface area contributed by atoms with Crippen LogP contribution in [0.1, 0.15) is 39.5 Å². The molecule has 2 aromatic rings. The number of carbonyl (C=O) groups is 1. The van der Waals surface area contributed by atoms with Crippen LogP contribution in [0.4, 0.5) is 0 Å². The maximum Gasteiger partial charge on any atom is 0.357 e. The van der Waals surface area contributed by atoms with Gasteiger partial charge in [-0.2, -0.15) is 0 Å². The van der Waals surface area contributed by atoms with Gasteiger partial charge in [0.1, 0.15) is 5.01 Å². The second kappa shape index (κ2) is 4.53. The molecule has 0 saturated heterocycles. The first-order valence-corrected chi connectivity index (χ1v) is 6.88. The zero-order valence-electron chi connectivity index (χ0n) is 10.1. The first-order chi connectivity index (χ1) is 8.79. The number of carbonyl (C=O) groups excluding carboxylic acids is 1. The Bertz CT molecular complexity index is 591. The molecule has 0 amide bonds. The first-order valence-electron chi connectivity index (χ1n) is 6.00. The number of aromatic nitrogens is 1. The molecule has 1 aromatic carbocycles. The summed E-state index contributed by atoms with van der Waals surface area (Å²) in [7, 11) is 0. The van der Waals surface area contributed by atoms with Crippen LogP contribution >= 0.6 is 11.3 Å². The molecule has 1 unspecified atom stereocenters. The Labute approximate surface area is 109 Å². The maximum absolute atomic E-state index is 11.6. The maximum atomic E-state index is 11.6. The summed E-state index contributed by atoms with van der Waals surface area (Å²) in [5.41, 5.74) is 3.15. The lowest BCUT2D eigenvalue weighted by molar-refractivity contribution is 0.0520. The number of ether oxygens (including phenoxy) is 1. The molecule has 0 aliphatic heterocycles. The van der Waals surface area contributed by atoms with Crippen molar-refractivity contribution in [3.8, 4) is 0 Å². The second-order valence-corrected chi connectivity index (χ2v) is 5.14. The van der Waals surface area contributed by atoms with E-state index in [0.717, 1.165) is 11.4 Å². The molecule has 0 spiro atoms. The minimum Gasteiger partial charge on any atom is -0.461 e. The zero-order chi connectivity index (χ0) is 12.5. The van der Waals surface area contributed by atoms with Crippen molar-refractivity contribution in [1.82, 2.24) is 4.98 Å². The van der Waals surface area contributed by atoms with E-state index in [4.69, 9.17) is 4.74 Å². The van der Waals surface area contributed by atoms with Crippen LogP contribution in [0.5, 0.6) is 0 Å². The molecule has 0 bridgehead atoms. The van der Waals surface area contributed by atoms with Crippen LogP contribution in [0.25, 0.3) is 0 Å². The monoisotopic (exact) mass is 259 g/mol. The van der Waals surface area contributed by atoms with Gasteiger partial charge in [-0.15, -0.1) is 11.3 Å². The molecule has 4 heteroatoms. The van der Waals surface area contributed by atoms with Crippen LogP contribution in [0.3, 0.4) is 0 Å². The lowest BCUT2D eigenvalue weighted by atomic mass is 9.78. The van der Waals surface area contributed by atoms with E-state index in [-0.39, 0.29) is 5.97 Å². The molecule has 3 nitrogen and oxygen atoms in total. The molecule has 1 aromatic heterocycles. The average Bonchev–Trinajstić information content (AvgIpc) is 2.80. The topological polar surface area (TPSA) is 39.2 Å². The van der Waals surface area contributed by atoms with Gasteiger partial charge in [0, 0.05) is 11.3 Å². The third kappa shape index (κ3) is 1.82. The Morgan fingerprint density at radius 1 is 1.50 bits per heavy atom. The summed E-state index contributed by atoms with van der Waals surface area (Å²) >= 11 is 1.54. The number of nitrogens with zero attached hydrogens (tertiary/aromatic N) is 1. The van der Waals surface area contributed by atoms with E-state index in [1.54, 1.807) is 12.3 Å². The molecule has 1 aliphatic rings. The predicted molar refractivity (Wildman–Crippen MR) is 70.1 cm³/mol. The SMILES string of the molecule is CCOC(=O)c1csc(C2Cc3ccccc32)n1. The number of thiazole rings is 1. The quantitative estimate of drug-likeness (QED) is 0.795. The number of fused-ring (bicyclic) bond motifs is 1. The van der Waals surface area contributed by atoms with Gasteiger partial charge in [0.2, 0.25) is 0 Å². The van der Waals surface area contributed by atoms with Gasteiger partial charge < -0.3 is 4.74 Å². The minimum atomic E-state index is -0.326. The fourth-order valence-electron chi connectivity index (χ4n) is 2.23. The predicted octanol–water partition coefficient (Wildman–Crippen LogP) is 3.01. The van der Waals surface area contributed by atoms with Crippen LogP contribution in [0, 0.1) is 0 Å². The number of rotatable bonds is 3. The summed E-state index contributed by atoms with van der Waals surface area (Å²) in [5.74, 6) is 0.0296. The Morgan fingerprint density at radius 2 is 2.33 bits per heavy atom. The van der Waals surface area contributed by atoms with E-state index < -0.39 is 0 Å². The van der Waals surface area contributed by atoms with Crippen molar-refractivity contribution in [3.05, 3.63) is 51.5 Å². The van der Waals surface area contributed by atoms with E-state index in [1.807, 2.05) is 6.07 Å². The normalized spacial score (nSPS) is 16.8. The molecule has 1 atom stereocenters. The molecule has 0 N–H and O–H groups in total. The molecule has 92 valence electrons. The van der Waals surface area contributed by atoms with E-state index in [1.165, 1.54) is 22.5 Å². The molecule has 1 aliphatic carbocycles. The summed E-state index contributed by atoms with van der Waals surface area (Å²) < 4.78 is 4.95. The Hall–Kier alpha value is -1.68. The van der Waals surface area contributed by atoms with Crippen molar-refractivity contribution in [1.29, 1.82) is 0 Å². The highest BCUT2D eigenvalue weighted by Gasteiger charge is 2.29. The molecular weight excluding hydrogens is 246 g/mol. The van der Waals surface area contributed by atoms with Crippen molar-refractivity contribution in [3.63, 3.8) is 0 Å². The highest BCUT2D eigenvalue weighted by atomic mass is 32.1. The van der Waals surface area contributed by atoms with Crippen molar-refractivity contribution in [2.24, 2.45) is 0 Å². The highest BCUT2D eigenvalue weighted by Crippen LogP contribution is 2.40. The van der Waals surface area contributed by atoms with Crippen LogP contribution in [-0.2, 0) is 11.2 Å². The average molecular weight is 259 g/mol. The van der Waals surface area contributed by atoms with Gasteiger partial charge in [-0.25, -0.2) is 9.78 Å². The number of hydrogen-bond acceptors (Lipinski definition) is 4. The Balaban J connectivity index is 1.82. The van der Waals surface area contributed by atoms with E-state index >= 15 is 0 Å². The van der Waals surface area contributed by atoms with E-state index in [9.17, 15) is 4.79 Å². The van der Waals surface area contributed by atoms with Crippen LogP contribution in [0.15, 0.2) is 29.6 Å². The Kier molecular flexibility index (Phi) is 2.88. The third-order valence-electron chi connectivity index (χ3n) is 3.16. The van der Waals surface area contributed by atoms with Gasteiger partial charge in [0.05, 0.1) is 6.61 Å². The number of esters is 1. The Morgan fingerprint density at radius 3 is 3.11 bits per heavy atom. The second-order valence-electron chi connectivity index (χ2n) is 4.25. The molecule has 0 radical (unpaired) electrons. The van der Waals surface area contributed by atoms with Crippen molar-refractivity contribution in [2.45, 2.75) is 19.3 Å². The third-order valence-corrected chi connectivity index (χ3v) is 4.12. The molecule has 18 heavy (non-hydrogen) atoms. The molecular formula is C14H13NO2S.